The number of aromatic hydroxyl groups is 1. The van der Waals surface area contributed by atoms with Crippen molar-refractivity contribution in [2.24, 2.45) is 5.73 Å². The molecule has 0 spiro atoms. The molecule has 0 radical (unpaired) electrons. The topological polar surface area (TPSA) is 76.7 Å². The number of nitrogens with two attached hydrogens (primary N) is 1. The highest BCUT2D eigenvalue weighted by Gasteiger charge is 2.31. The summed E-state index contributed by atoms with van der Waals surface area (Å²) in [5, 5.41) is 12.0. The summed E-state index contributed by atoms with van der Waals surface area (Å²) in [5.41, 5.74) is 6.57. The van der Waals surface area contributed by atoms with Crippen LogP contribution in [0.15, 0.2) is 48.5 Å². The van der Waals surface area contributed by atoms with E-state index in [0.717, 1.165) is 17.7 Å². The fraction of sp³-hybridized carbons (Fsp3) is 0.200. The molecular weight excluding hydrogens is 313 g/mol. The molecule has 5 nitrogen and oxygen atoms in total. The zero-order valence-electron chi connectivity index (χ0n) is 11.9. The third kappa shape index (κ3) is 6.05. The lowest BCUT2D eigenvalue weighted by molar-refractivity contribution is -0.274. The Morgan fingerprint density at radius 1 is 1.09 bits per heavy atom. The van der Waals surface area contributed by atoms with Crippen LogP contribution >= 0.6 is 0 Å². The maximum atomic E-state index is 12.2. The van der Waals surface area contributed by atoms with Gasteiger partial charge >= 0.3 is 6.36 Å². The lowest BCUT2D eigenvalue weighted by Crippen LogP contribution is -2.41. The zero-order chi connectivity index (χ0) is 16.9. The highest BCUT2D eigenvalue weighted by atomic mass is 19.4. The smallest absolute Gasteiger partial charge is 0.508 e. The number of nitrogens with one attached hydrogen (secondary N) is 1. The summed E-state index contributed by atoms with van der Waals surface area (Å²) >= 11 is 0. The van der Waals surface area contributed by atoms with Gasteiger partial charge in [0, 0.05) is 12.6 Å². The minimum atomic E-state index is -4.77. The molecule has 124 valence electrons. The highest BCUT2D eigenvalue weighted by molar-refractivity contribution is 5.33. The van der Waals surface area contributed by atoms with Crippen LogP contribution in [0, 0.1) is 0 Å². The molecule has 0 heterocycles. The van der Waals surface area contributed by atoms with Gasteiger partial charge in [-0.1, -0.05) is 18.2 Å². The second-order valence-corrected chi connectivity index (χ2v) is 4.61. The van der Waals surface area contributed by atoms with Gasteiger partial charge in [0.25, 0.3) is 0 Å². The first kappa shape index (κ1) is 16.9. The van der Waals surface area contributed by atoms with Gasteiger partial charge in [-0.05, 0) is 29.8 Å². The Bertz CT molecular complexity index is 633. The average molecular weight is 328 g/mol. The summed E-state index contributed by atoms with van der Waals surface area (Å²) in [6.45, 7) is 0.361. The minimum Gasteiger partial charge on any atom is -0.508 e. The molecule has 0 bridgehead atoms. The molecule has 0 saturated heterocycles. The summed E-state index contributed by atoms with van der Waals surface area (Å²) in [4.78, 5) is 0. The number of hydrogen-bond acceptors (Lipinski definition) is 5. The van der Waals surface area contributed by atoms with Crippen molar-refractivity contribution in [3.8, 4) is 17.2 Å². The Hall–Kier alpha value is -2.45. The van der Waals surface area contributed by atoms with E-state index in [4.69, 9.17) is 10.5 Å². The van der Waals surface area contributed by atoms with Crippen LogP contribution in [0.5, 0.6) is 17.2 Å². The monoisotopic (exact) mass is 328 g/mol. The third-order valence-corrected chi connectivity index (χ3v) is 2.75. The molecule has 0 fully saturated rings. The number of halogens is 3. The molecule has 0 amide bonds. The van der Waals surface area contributed by atoms with E-state index in [1.54, 1.807) is 12.1 Å². The average Bonchev–Trinajstić information content (AvgIpc) is 2.45. The summed E-state index contributed by atoms with van der Waals surface area (Å²) in [6.07, 6.45) is -5.69. The predicted molar refractivity (Wildman–Crippen MR) is 76.7 cm³/mol. The SMILES string of the molecule is NC(NCc1ccc(O)cc1)Oc1cccc(OC(F)(F)F)c1. The highest BCUT2D eigenvalue weighted by Crippen LogP contribution is 2.26. The molecule has 2 aromatic carbocycles. The lowest BCUT2D eigenvalue weighted by atomic mass is 10.2. The molecule has 1 atom stereocenters. The predicted octanol–water partition coefficient (Wildman–Crippen LogP) is 2.70. The number of phenols is 1. The Morgan fingerprint density at radius 3 is 2.39 bits per heavy atom. The van der Waals surface area contributed by atoms with Crippen LogP contribution in [-0.4, -0.2) is 17.8 Å². The van der Waals surface area contributed by atoms with E-state index in [9.17, 15) is 18.3 Å². The number of benzene rings is 2. The van der Waals surface area contributed by atoms with E-state index >= 15 is 0 Å². The van der Waals surface area contributed by atoms with Gasteiger partial charge in [0.15, 0.2) is 0 Å². The second kappa shape index (κ2) is 7.21. The maximum absolute atomic E-state index is 12.2. The Morgan fingerprint density at radius 2 is 1.74 bits per heavy atom. The summed E-state index contributed by atoms with van der Waals surface area (Å²) in [5.74, 6) is -0.103. The number of alkyl halides is 3. The molecule has 2 rings (SSSR count). The first-order valence-corrected chi connectivity index (χ1v) is 6.61. The van der Waals surface area contributed by atoms with Gasteiger partial charge in [0.2, 0.25) is 6.35 Å². The van der Waals surface area contributed by atoms with Gasteiger partial charge in [-0.2, -0.15) is 0 Å². The van der Waals surface area contributed by atoms with Gasteiger partial charge in [0.1, 0.15) is 17.2 Å². The Labute approximate surface area is 130 Å². The lowest BCUT2D eigenvalue weighted by Gasteiger charge is -2.17. The first-order valence-electron chi connectivity index (χ1n) is 6.61. The molecule has 0 aromatic heterocycles. The minimum absolute atomic E-state index is 0.137. The van der Waals surface area contributed by atoms with Crippen molar-refractivity contribution in [3.05, 3.63) is 54.1 Å². The van der Waals surface area contributed by atoms with Crippen molar-refractivity contribution in [2.45, 2.75) is 19.3 Å². The third-order valence-electron chi connectivity index (χ3n) is 2.75. The number of hydrogen-bond donors (Lipinski definition) is 3. The van der Waals surface area contributed by atoms with Gasteiger partial charge in [-0.15, -0.1) is 13.2 Å². The number of phenolic OH excluding ortho intramolecular Hbond substituents is 1. The fourth-order valence-corrected chi connectivity index (χ4v) is 1.77. The van der Waals surface area contributed by atoms with Crippen molar-refractivity contribution in [3.63, 3.8) is 0 Å². The summed E-state index contributed by atoms with van der Waals surface area (Å²) in [6, 6.07) is 11.5. The van der Waals surface area contributed by atoms with Gasteiger partial charge in [0.05, 0.1) is 0 Å². The van der Waals surface area contributed by atoms with E-state index in [2.05, 4.69) is 10.1 Å². The van der Waals surface area contributed by atoms with Crippen molar-refractivity contribution in [1.82, 2.24) is 5.32 Å². The molecule has 8 heteroatoms. The molecular formula is C15H15F3N2O3. The largest absolute Gasteiger partial charge is 0.573 e. The van der Waals surface area contributed by atoms with Crippen LogP contribution in [0.4, 0.5) is 13.2 Å². The quantitative estimate of drug-likeness (QED) is 0.711. The van der Waals surface area contributed by atoms with Crippen molar-refractivity contribution < 1.29 is 27.8 Å². The molecule has 0 aliphatic carbocycles. The van der Waals surface area contributed by atoms with Crippen LogP contribution in [0.3, 0.4) is 0 Å². The fourth-order valence-electron chi connectivity index (χ4n) is 1.77. The van der Waals surface area contributed by atoms with E-state index < -0.39 is 12.7 Å². The van der Waals surface area contributed by atoms with Crippen LogP contribution in [0.1, 0.15) is 5.56 Å². The molecule has 23 heavy (non-hydrogen) atoms. The van der Waals surface area contributed by atoms with Crippen molar-refractivity contribution >= 4 is 0 Å². The summed E-state index contributed by atoms with van der Waals surface area (Å²) < 4.78 is 45.5. The van der Waals surface area contributed by atoms with E-state index in [1.807, 2.05) is 0 Å². The van der Waals surface area contributed by atoms with E-state index in [1.165, 1.54) is 24.3 Å². The van der Waals surface area contributed by atoms with E-state index in [0.29, 0.717) is 6.54 Å². The van der Waals surface area contributed by atoms with Crippen molar-refractivity contribution in [1.29, 1.82) is 0 Å². The molecule has 1 unspecified atom stereocenters. The Balaban J connectivity index is 1.88. The van der Waals surface area contributed by atoms with Crippen LogP contribution < -0.4 is 20.5 Å². The molecule has 4 N–H and O–H groups in total. The van der Waals surface area contributed by atoms with Gasteiger partial charge in [-0.25, -0.2) is 0 Å². The number of ether oxygens (including phenoxy) is 2. The molecule has 0 aliphatic rings. The standard InChI is InChI=1S/C15H15F3N2O3/c16-15(17,18)23-13-3-1-2-12(8-13)22-14(19)20-9-10-4-6-11(21)7-5-10/h1-8,14,20-21H,9,19H2. The van der Waals surface area contributed by atoms with Crippen LogP contribution in [0.2, 0.25) is 0 Å². The summed E-state index contributed by atoms with van der Waals surface area (Å²) in [7, 11) is 0. The van der Waals surface area contributed by atoms with Crippen molar-refractivity contribution in [2.75, 3.05) is 0 Å². The zero-order valence-corrected chi connectivity index (χ0v) is 11.9. The molecule has 0 saturated carbocycles. The number of rotatable bonds is 6. The second-order valence-electron chi connectivity index (χ2n) is 4.61. The Kier molecular flexibility index (Phi) is 5.30. The van der Waals surface area contributed by atoms with Crippen LogP contribution in [-0.2, 0) is 6.54 Å². The molecule has 2 aromatic rings. The maximum Gasteiger partial charge on any atom is 0.573 e. The van der Waals surface area contributed by atoms with Crippen LogP contribution in [0.25, 0.3) is 0 Å². The van der Waals surface area contributed by atoms with Gasteiger partial charge in [-0.3, -0.25) is 11.1 Å². The normalized spacial score (nSPS) is 12.7. The molecule has 0 aliphatic heterocycles. The van der Waals surface area contributed by atoms with E-state index in [-0.39, 0.29) is 17.2 Å². The van der Waals surface area contributed by atoms with Gasteiger partial charge < -0.3 is 14.6 Å². The first-order chi connectivity index (χ1) is 10.8.